The first-order valence-corrected chi connectivity index (χ1v) is 4.00. The van der Waals surface area contributed by atoms with E-state index < -0.39 is 12.0 Å². The van der Waals surface area contributed by atoms with Crippen molar-refractivity contribution in [1.29, 1.82) is 0 Å². The number of benzene rings is 1. The molecule has 0 saturated carbocycles. The second-order valence-electron chi connectivity index (χ2n) is 2.97. The lowest BCUT2D eigenvalue weighted by Crippen LogP contribution is -2.32. The van der Waals surface area contributed by atoms with Gasteiger partial charge in [0.25, 0.3) is 0 Å². The Bertz CT molecular complexity index is 354. The largest absolute Gasteiger partial charge is 0.504 e. The van der Waals surface area contributed by atoms with Gasteiger partial charge in [-0.15, -0.1) is 0 Å². The zero-order valence-electron chi connectivity index (χ0n) is 8.16. The maximum Gasteiger partial charge on any atom is 0.320 e. The molecule has 0 fully saturated rings. The van der Waals surface area contributed by atoms with Crippen molar-refractivity contribution in [3.8, 4) is 11.5 Å². The fourth-order valence-corrected chi connectivity index (χ4v) is 1.04. The Morgan fingerprint density at radius 2 is 1.81 bits per heavy atom. The van der Waals surface area contributed by atoms with Crippen LogP contribution in [0.2, 0.25) is 0 Å². The molecule has 0 spiro atoms. The third-order valence-electron chi connectivity index (χ3n) is 1.81. The minimum atomic E-state index is -1.10. The van der Waals surface area contributed by atoms with Crippen molar-refractivity contribution in [2.24, 2.45) is 5.73 Å². The number of carboxylic acid groups (broad SMARTS) is 1. The number of hydrogen-bond acceptors (Lipinski definition) is 4. The Kier molecular flexibility index (Phi) is 6.86. The van der Waals surface area contributed by atoms with Gasteiger partial charge in [0.15, 0.2) is 11.5 Å². The highest BCUT2D eigenvalue weighted by Crippen LogP contribution is 2.25. The van der Waals surface area contributed by atoms with Crippen molar-refractivity contribution < 1.29 is 31.1 Å². The predicted molar refractivity (Wildman–Crippen MR) is 50.5 cm³/mol. The molecule has 16 heavy (non-hydrogen) atoms. The summed E-state index contributed by atoms with van der Waals surface area (Å²) >= 11 is 0. The fourth-order valence-electron chi connectivity index (χ4n) is 1.04. The van der Waals surface area contributed by atoms with E-state index in [0.717, 1.165) is 0 Å². The molecule has 0 aliphatic rings. The summed E-state index contributed by atoms with van der Waals surface area (Å²) in [5, 5.41) is 26.6. The first-order chi connectivity index (χ1) is 6.50. The number of carboxylic acids is 1. The van der Waals surface area contributed by atoms with Crippen LogP contribution in [0.3, 0.4) is 0 Å². The van der Waals surface area contributed by atoms with E-state index in [1.54, 1.807) is 0 Å². The number of carbonyl (C=O) groups is 1. The molecule has 7 nitrogen and oxygen atoms in total. The van der Waals surface area contributed by atoms with Crippen LogP contribution in [0.25, 0.3) is 0 Å². The molecule has 0 aliphatic heterocycles. The van der Waals surface area contributed by atoms with Crippen LogP contribution in [0, 0.1) is 0 Å². The van der Waals surface area contributed by atoms with Crippen molar-refractivity contribution in [3.63, 3.8) is 0 Å². The molecule has 1 atom stereocenters. The average molecular weight is 229 g/mol. The van der Waals surface area contributed by atoms with Crippen LogP contribution >= 0.6 is 0 Å². The molecule has 1 aromatic carbocycles. The van der Waals surface area contributed by atoms with E-state index in [4.69, 9.17) is 21.1 Å². The van der Waals surface area contributed by atoms with Crippen LogP contribution in [0.5, 0.6) is 11.5 Å². The zero-order valence-corrected chi connectivity index (χ0v) is 8.16. The third-order valence-corrected chi connectivity index (χ3v) is 1.81. The van der Waals surface area contributed by atoms with E-state index in [1.165, 1.54) is 18.2 Å². The van der Waals surface area contributed by atoms with Gasteiger partial charge >= 0.3 is 5.97 Å². The maximum atomic E-state index is 10.4. The predicted octanol–water partition coefficient (Wildman–Crippen LogP) is -0.185. The highest BCUT2D eigenvalue weighted by atomic mass is 16.4. The smallest absolute Gasteiger partial charge is 0.320 e. The quantitative estimate of drug-likeness (QED) is 0.527. The minimum absolute atomic E-state index is 0. The van der Waals surface area contributed by atoms with Crippen LogP contribution in [0.15, 0.2) is 18.2 Å². The molecule has 0 bridgehead atoms. The number of rotatable bonds is 3. The summed E-state index contributed by atoms with van der Waals surface area (Å²) in [6.45, 7) is 0. The van der Waals surface area contributed by atoms with Gasteiger partial charge in [0.1, 0.15) is 6.04 Å². The number of phenolic OH excluding ortho intramolecular Hbond substituents is 2. The number of aromatic hydroxyl groups is 2. The molecule has 0 aromatic heterocycles. The van der Waals surface area contributed by atoms with Gasteiger partial charge in [0.2, 0.25) is 0 Å². The van der Waals surface area contributed by atoms with Gasteiger partial charge in [-0.1, -0.05) is 6.07 Å². The summed E-state index contributed by atoms with van der Waals surface area (Å²) < 4.78 is 0. The summed E-state index contributed by atoms with van der Waals surface area (Å²) in [6.07, 6.45) is 0.114. The Morgan fingerprint density at radius 3 is 2.25 bits per heavy atom. The van der Waals surface area contributed by atoms with Crippen LogP contribution in [0.4, 0.5) is 0 Å². The molecule has 0 heterocycles. The monoisotopic (exact) mass is 229 g/mol. The Balaban J connectivity index is 0. The summed E-state index contributed by atoms with van der Waals surface area (Å²) in [4.78, 5) is 10.4. The third kappa shape index (κ3) is 4.13. The highest BCUT2D eigenvalue weighted by molar-refractivity contribution is 5.73. The molecule has 0 unspecified atom stereocenters. The minimum Gasteiger partial charge on any atom is -0.504 e. The molecule has 5 N–H and O–H groups in total. The number of nitrogens with two attached hydrogens (primary N) is 1. The lowest BCUT2D eigenvalue weighted by atomic mass is 10.1. The molecular weight excluding hydrogens is 218 g/mol. The van der Waals surface area contributed by atoms with Gasteiger partial charge in [-0.05, 0) is 24.1 Å². The van der Waals surface area contributed by atoms with Crippen LogP contribution in [0.1, 0.15) is 5.56 Å². The van der Waals surface area contributed by atoms with E-state index in [1.807, 2.05) is 0 Å². The topological polar surface area (TPSA) is 161 Å². The SMILES string of the molecule is N[C@@H](Cc1ccc(O)c(O)c1)C(=O)O.[O].[O]. The van der Waals surface area contributed by atoms with Gasteiger partial charge in [0.05, 0.1) is 0 Å². The van der Waals surface area contributed by atoms with Gasteiger partial charge in [-0.3, -0.25) is 4.79 Å². The first kappa shape index (κ1) is 16.6. The molecule has 88 valence electrons. The van der Waals surface area contributed by atoms with Crippen molar-refractivity contribution in [2.45, 2.75) is 12.5 Å². The van der Waals surface area contributed by atoms with E-state index in [0.29, 0.717) is 5.56 Å². The van der Waals surface area contributed by atoms with E-state index in [9.17, 15) is 4.79 Å². The van der Waals surface area contributed by atoms with Crippen LogP contribution in [-0.2, 0) is 22.2 Å². The van der Waals surface area contributed by atoms with Gasteiger partial charge < -0.3 is 21.1 Å². The van der Waals surface area contributed by atoms with Crippen molar-refractivity contribution in [1.82, 2.24) is 0 Å². The Hall–Kier alpha value is -1.83. The maximum absolute atomic E-state index is 10.4. The second-order valence-corrected chi connectivity index (χ2v) is 2.97. The van der Waals surface area contributed by atoms with Gasteiger partial charge in [0, 0.05) is 11.0 Å². The summed E-state index contributed by atoms with van der Waals surface area (Å²) in [6, 6.07) is 3.09. The Morgan fingerprint density at radius 1 is 1.25 bits per heavy atom. The first-order valence-electron chi connectivity index (χ1n) is 4.00. The number of hydrogen-bond donors (Lipinski definition) is 4. The van der Waals surface area contributed by atoms with E-state index in [-0.39, 0.29) is 28.9 Å². The molecule has 0 amide bonds. The fraction of sp³-hybridized carbons (Fsp3) is 0.222. The van der Waals surface area contributed by atoms with Crippen LogP contribution < -0.4 is 5.73 Å². The van der Waals surface area contributed by atoms with Gasteiger partial charge in [-0.25, -0.2) is 0 Å². The second kappa shape index (κ2) is 6.62. The molecule has 0 saturated heterocycles. The normalized spacial score (nSPS) is 10.8. The zero-order chi connectivity index (χ0) is 10.7. The molecule has 1 aromatic rings. The van der Waals surface area contributed by atoms with Crippen molar-refractivity contribution >= 4 is 5.97 Å². The number of aliphatic carboxylic acids is 1. The number of phenols is 2. The van der Waals surface area contributed by atoms with E-state index in [2.05, 4.69) is 0 Å². The molecule has 7 heteroatoms. The Labute approximate surface area is 91.4 Å². The lowest BCUT2D eigenvalue weighted by Gasteiger charge is -2.06. The van der Waals surface area contributed by atoms with E-state index >= 15 is 0 Å². The van der Waals surface area contributed by atoms with Crippen molar-refractivity contribution in [2.75, 3.05) is 0 Å². The van der Waals surface area contributed by atoms with Gasteiger partial charge in [-0.2, -0.15) is 0 Å². The highest BCUT2D eigenvalue weighted by Gasteiger charge is 2.12. The van der Waals surface area contributed by atoms with Crippen molar-refractivity contribution in [3.05, 3.63) is 23.8 Å². The standard InChI is InChI=1S/C9H11NO4.2O/c10-6(9(13)14)3-5-1-2-7(11)8(12)4-5;;/h1-2,4,6,11-12H,3,10H2,(H,13,14);;/t6-;;/m0../s1. The summed E-state index contributed by atoms with van der Waals surface area (Å²) in [5.41, 5.74) is 5.86. The summed E-state index contributed by atoms with van der Waals surface area (Å²) in [7, 11) is 0. The average Bonchev–Trinajstić information content (AvgIpc) is 2.11. The summed E-state index contributed by atoms with van der Waals surface area (Å²) in [5.74, 6) is -1.62. The molecular formula is C9H11NO6. The molecule has 0 aliphatic carbocycles. The molecule has 4 radical (unpaired) electrons. The van der Waals surface area contributed by atoms with Crippen LogP contribution in [-0.4, -0.2) is 27.3 Å². The molecule has 1 rings (SSSR count). The lowest BCUT2D eigenvalue weighted by molar-refractivity contribution is -0.138.